The number of rotatable bonds is 1. The Labute approximate surface area is 101 Å². The van der Waals surface area contributed by atoms with E-state index < -0.39 is 0 Å². The molecule has 92 valence electrons. The third-order valence-electron chi connectivity index (χ3n) is 3.61. The molecule has 0 aromatic carbocycles. The van der Waals surface area contributed by atoms with E-state index in [0.717, 1.165) is 31.3 Å². The number of anilines is 2. The maximum absolute atomic E-state index is 5.55. The van der Waals surface area contributed by atoms with Gasteiger partial charge in [0.25, 0.3) is 0 Å². The molecule has 0 bridgehead atoms. The number of nitrogens with one attached hydrogen (secondary N) is 1. The Kier molecular flexibility index (Phi) is 2.55. The van der Waals surface area contributed by atoms with Crippen molar-refractivity contribution in [3.05, 3.63) is 12.1 Å². The fraction of sp³-hybridized carbons (Fsp3) is 0.583. The molecular weight excluding hydrogens is 218 g/mol. The highest BCUT2D eigenvalue weighted by atomic mass is 16.5. The maximum atomic E-state index is 5.55. The fourth-order valence-corrected chi connectivity index (χ4v) is 2.56. The number of nitrogens with zero attached hydrogens (tertiary/aromatic N) is 2. The molecular formula is C12H17N3O2. The molecule has 1 saturated heterocycles. The predicted molar refractivity (Wildman–Crippen MR) is 65.8 cm³/mol. The molecule has 0 spiro atoms. The van der Waals surface area contributed by atoms with Crippen molar-refractivity contribution in [2.24, 2.45) is 5.92 Å². The zero-order valence-electron chi connectivity index (χ0n) is 10.1. The molecule has 1 aromatic heterocycles. The smallest absolute Gasteiger partial charge is 0.215 e. The van der Waals surface area contributed by atoms with E-state index in [1.165, 1.54) is 0 Å². The van der Waals surface area contributed by atoms with Crippen LogP contribution in [0.25, 0.3) is 0 Å². The number of fused-ring (bicyclic) bond motifs is 2. The minimum absolute atomic E-state index is 0.406. The first-order valence-corrected chi connectivity index (χ1v) is 5.89. The van der Waals surface area contributed by atoms with Gasteiger partial charge in [-0.15, -0.1) is 0 Å². The van der Waals surface area contributed by atoms with Crippen molar-refractivity contribution >= 4 is 11.5 Å². The highest BCUT2D eigenvalue weighted by molar-refractivity contribution is 5.68. The first-order chi connectivity index (χ1) is 8.29. The van der Waals surface area contributed by atoms with Crippen LogP contribution in [0.1, 0.15) is 0 Å². The minimum atomic E-state index is 0.406. The van der Waals surface area contributed by atoms with Gasteiger partial charge in [-0.2, -0.15) is 4.98 Å². The predicted octanol–water partition coefficient (Wildman–Crippen LogP) is 0.967. The van der Waals surface area contributed by atoms with Crippen LogP contribution >= 0.6 is 0 Å². The third-order valence-corrected chi connectivity index (χ3v) is 3.61. The van der Waals surface area contributed by atoms with Crippen LogP contribution in [-0.4, -0.2) is 44.9 Å². The number of hydrogen-bond donors (Lipinski definition) is 1. The van der Waals surface area contributed by atoms with E-state index in [9.17, 15) is 0 Å². The normalized spacial score (nSPS) is 26.8. The molecule has 3 rings (SSSR count). The summed E-state index contributed by atoms with van der Waals surface area (Å²) in [6.07, 6.45) is 0. The van der Waals surface area contributed by atoms with Crippen LogP contribution in [0, 0.1) is 5.92 Å². The van der Waals surface area contributed by atoms with E-state index in [0.29, 0.717) is 17.8 Å². The summed E-state index contributed by atoms with van der Waals surface area (Å²) < 4.78 is 10.7. The van der Waals surface area contributed by atoms with Gasteiger partial charge in [0.2, 0.25) is 5.88 Å². The Balaban J connectivity index is 1.99. The summed E-state index contributed by atoms with van der Waals surface area (Å²) in [6, 6.07) is 4.32. The standard InChI is InChI=1S/C12H17N3O2/c1-15-10-7-17-6-8(10)5-13-9-3-4-11(16-2)14-12(9)15/h3-4,8,10,13H,5-7H2,1-2H3. The molecule has 17 heavy (non-hydrogen) atoms. The van der Waals surface area contributed by atoms with Crippen molar-refractivity contribution in [1.29, 1.82) is 0 Å². The van der Waals surface area contributed by atoms with Gasteiger partial charge in [-0.3, -0.25) is 0 Å². The van der Waals surface area contributed by atoms with Gasteiger partial charge in [-0.25, -0.2) is 0 Å². The van der Waals surface area contributed by atoms with E-state index in [-0.39, 0.29) is 0 Å². The van der Waals surface area contributed by atoms with Gasteiger partial charge in [-0.1, -0.05) is 0 Å². The monoisotopic (exact) mass is 235 g/mol. The Morgan fingerprint density at radius 2 is 2.35 bits per heavy atom. The number of ether oxygens (including phenoxy) is 2. The summed E-state index contributed by atoms with van der Waals surface area (Å²) in [4.78, 5) is 6.72. The van der Waals surface area contributed by atoms with E-state index in [2.05, 4.69) is 22.2 Å². The number of likely N-dealkylation sites (N-methyl/N-ethyl adjacent to an activating group) is 1. The molecule has 1 N–H and O–H groups in total. The van der Waals surface area contributed by atoms with E-state index in [4.69, 9.17) is 9.47 Å². The lowest BCUT2D eigenvalue weighted by atomic mass is 10.0. The van der Waals surface area contributed by atoms with Gasteiger partial charge in [0.15, 0.2) is 5.82 Å². The third kappa shape index (κ3) is 1.70. The maximum Gasteiger partial charge on any atom is 0.215 e. The SMILES string of the molecule is COc1ccc2c(n1)N(C)C1COCC1CN2. The van der Waals surface area contributed by atoms with Crippen LogP contribution in [0.4, 0.5) is 11.5 Å². The van der Waals surface area contributed by atoms with E-state index in [1.54, 1.807) is 7.11 Å². The van der Waals surface area contributed by atoms with Gasteiger partial charge < -0.3 is 19.7 Å². The Hall–Kier alpha value is -1.49. The quantitative estimate of drug-likeness (QED) is 0.786. The van der Waals surface area contributed by atoms with Crippen LogP contribution in [0.5, 0.6) is 5.88 Å². The molecule has 0 aliphatic carbocycles. The van der Waals surface area contributed by atoms with Crippen LogP contribution in [-0.2, 0) is 4.74 Å². The second-order valence-corrected chi connectivity index (χ2v) is 4.58. The average Bonchev–Trinajstić information content (AvgIpc) is 2.79. The van der Waals surface area contributed by atoms with Gasteiger partial charge >= 0.3 is 0 Å². The molecule has 5 heteroatoms. The van der Waals surface area contributed by atoms with Crippen LogP contribution in [0.15, 0.2) is 12.1 Å². The molecule has 1 fully saturated rings. The molecule has 2 aliphatic heterocycles. The average molecular weight is 235 g/mol. The summed E-state index contributed by atoms with van der Waals surface area (Å²) >= 11 is 0. The molecule has 2 aliphatic rings. The zero-order chi connectivity index (χ0) is 11.8. The van der Waals surface area contributed by atoms with Crippen molar-refractivity contribution in [3.63, 3.8) is 0 Å². The number of hydrogen-bond acceptors (Lipinski definition) is 5. The topological polar surface area (TPSA) is 46.6 Å². The lowest BCUT2D eigenvalue weighted by Crippen LogP contribution is -2.38. The molecule has 3 heterocycles. The first-order valence-electron chi connectivity index (χ1n) is 5.89. The van der Waals surface area contributed by atoms with Crippen molar-refractivity contribution in [3.8, 4) is 5.88 Å². The number of pyridine rings is 1. The Bertz CT molecular complexity index is 424. The molecule has 0 radical (unpaired) electrons. The second-order valence-electron chi connectivity index (χ2n) is 4.58. The van der Waals surface area contributed by atoms with Gasteiger partial charge in [-0.05, 0) is 6.07 Å². The number of methoxy groups -OCH3 is 1. The molecule has 0 amide bonds. The minimum Gasteiger partial charge on any atom is -0.481 e. The van der Waals surface area contributed by atoms with E-state index in [1.807, 2.05) is 12.1 Å². The second kappa shape index (κ2) is 4.07. The van der Waals surface area contributed by atoms with Crippen LogP contribution < -0.4 is 15.0 Å². The fourth-order valence-electron chi connectivity index (χ4n) is 2.56. The zero-order valence-corrected chi connectivity index (χ0v) is 10.1. The molecule has 1 aromatic rings. The van der Waals surface area contributed by atoms with Crippen molar-refractivity contribution in [2.75, 3.05) is 44.1 Å². The van der Waals surface area contributed by atoms with Crippen molar-refractivity contribution < 1.29 is 9.47 Å². The Morgan fingerprint density at radius 3 is 3.18 bits per heavy atom. The molecule has 2 atom stereocenters. The summed E-state index contributed by atoms with van der Waals surface area (Å²) in [5.41, 5.74) is 1.07. The first kappa shape index (κ1) is 10.7. The lowest BCUT2D eigenvalue weighted by Gasteiger charge is -2.26. The molecule has 0 saturated carbocycles. The highest BCUT2D eigenvalue weighted by Crippen LogP contribution is 2.33. The summed E-state index contributed by atoms with van der Waals surface area (Å²) in [7, 11) is 3.71. The van der Waals surface area contributed by atoms with Gasteiger partial charge in [0, 0.05) is 25.6 Å². The van der Waals surface area contributed by atoms with Crippen LogP contribution in [0.2, 0.25) is 0 Å². The Morgan fingerprint density at radius 1 is 1.47 bits per heavy atom. The summed E-state index contributed by atoms with van der Waals surface area (Å²) in [5.74, 6) is 2.12. The van der Waals surface area contributed by atoms with E-state index >= 15 is 0 Å². The number of aromatic nitrogens is 1. The lowest BCUT2D eigenvalue weighted by molar-refractivity contribution is 0.185. The summed E-state index contributed by atoms with van der Waals surface area (Å²) in [6.45, 7) is 2.55. The summed E-state index contributed by atoms with van der Waals surface area (Å²) in [5, 5.41) is 3.44. The van der Waals surface area contributed by atoms with Gasteiger partial charge in [0.1, 0.15) is 0 Å². The highest BCUT2D eigenvalue weighted by Gasteiger charge is 2.35. The largest absolute Gasteiger partial charge is 0.481 e. The van der Waals surface area contributed by atoms with Crippen LogP contribution in [0.3, 0.4) is 0 Å². The van der Waals surface area contributed by atoms with Crippen molar-refractivity contribution in [2.45, 2.75) is 6.04 Å². The molecule has 5 nitrogen and oxygen atoms in total. The van der Waals surface area contributed by atoms with Gasteiger partial charge in [0.05, 0.1) is 32.1 Å². The molecule has 2 unspecified atom stereocenters. The van der Waals surface area contributed by atoms with Crippen molar-refractivity contribution in [1.82, 2.24) is 4.98 Å².